The first kappa shape index (κ1) is 38.7. The number of aromatic nitrogens is 5. The molecule has 0 atom stereocenters. The predicted octanol–water partition coefficient (Wildman–Crippen LogP) is 15.4. The van der Waals surface area contributed by atoms with Crippen molar-refractivity contribution in [3.05, 3.63) is 249 Å². The van der Waals surface area contributed by atoms with Gasteiger partial charge in [-0.15, -0.1) is 0 Å². The van der Waals surface area contributed by atoms with Gasteiger partial charge in [-0.3, -0.25) is 8.80 Å². The number of hydrogen-bond donors (Lipinski definition) is 0. The maximum absolute atomic E-state index is 5.28. The highest BCUT2D eigenvalue weighted by molar-refractivity contribution is 5.85. The van der Waals surface area contributed by atoms with Crippen molar-refractivity contribution in [3.63, 3.8) is 0 Å². The monoisotopic (exact) mass is 843 g/mol. The Labute approximate surface area is 383 Å². The zero-order valence-corrected chi connectivity index (χ0v) is 35.9. The minimum Gasteiger partial charge on any atom is -0.299 e. The first-order valence-electron chi connectivity index (χ1n) is 22.3. The number of imidazole rings is 2. The zero-order valence-electron chi connectivity index (χ0n) is 35.9. The molecule has 0 fully saturated rings. The molecule has 12 rings (SSSR count). The molecule has 5 nitrogen and oxygen atoms in total. The van der Waals surface area contributed by atoms with E-state index >= 15 is 0 Å². The third-order valence-corrected chi connectivity index (χ3v) is 12.4. The smallest absolute Gasteiger partial charge is 0.137 e. The highest BCUT2D eigenvalue weighted by Gasteiger charge is 2.18. The zero-order chi connectivity index (χ0) is 43.8. The van der Waals surface area contributed by atoms with E-state index in [4.69, 9.17) is 15.0 Å². The van der Waals surface area contributed by atoms with E-state index in [9.17, 15) is 0 Å². The number of rotatable bonds is 9. The van der Waals surface area contributed by atoms with Crippen LogP contribution >= 0.6 is 0 Å². The largest absolute Gasteiger partial charge is 0.299 e. The van der Waals surface area contributed by atoms with Gasteiger partial charge in [-0.1, -0.05) is 200 Å². The second-order valence-corrected chi connectivity index (χ2v) is 16.5. The topological polar surface area (TPSA) is 47.5 Å². The van der Waals surface area contributed by atoms with E-state index in [1.165, 1.54) is 0 Å². The van der Waals surface area contributed by atoms with Gasteiger partial charge in [0.25, 0.3) is 0 Å². The van der Waals surface area contributed by atoms with E-state index in [1.807, 2.05) is 24.3 Å². The molecule has 5 heteroatoms. The summed E-state index contributed by atoms with van der Waals surface area (Å²) in [7, 11) is 0. The van der Waals surface area contributed by atoms with E-state index < -0.39 is 0 Å². The summed E-state index contributed by atoms with van der Waals surface area (Å²) in [4.78, 5) is 15.4. The fraction of sp³-hybridized carbons (Fsp3) is 0. The van der Waals surface area contributed by atoms with Gasteiger partial charge in [0.05, 0.1) is 34.2 Å². The summed E-state index contributed by atoms with van der Waals surface area (Å²) in [6.07, 6.45) is 4.17. The van der Waals surface area contributed by atoms with Crippen LogP contribution < -0.4 is 0 Å². The highest BCUT2D eigenvalue weighted by Crippen LogP contribution is 2.37. The normalized spacial score (nSPS) is 11.3. The summed E-state index contributed by atoms with van der Waals surface area (Å²) in [5.74, 6) is 0. The molecule has 0 radical (unpaired) electrons. The summed E-state index contributed by atoms with van der Waals surface area (Å²) in [6.45, 7) is 0. The summed E-state index contributed by atoms with van der Waals surface area (Å²) < 4.78 is 4.34. The first-order chi connectivity index (χ1) is 32.7. The van der Waals surface area contributed by atoms with Gasteiger partial charge in [-0.2, -0.15) is 0 Å². The molecule has 0 saturated carbocycles. The maximum Gasteiger partial charge on any atom is 0.137 e. The van der Waals surface area contributed by atoms with E-state index in [-0.39, 0.29) is 0 Å². The van der Waals surface area contributed by atoms with Crippen molar-refractivity contribution in [3.8, 4) is 101 Å². The van der Waals surface area contributed by atoms with Gasteiger partial charge in [-0.05, 0) is 69.8 Å². The predicted molar refractivity (Wildman–Crippen MR) is 271 cm³/mol. The molecular weight excluding hydrogens is 803 g/mol. The molecule has 0 aliphatic carbocycles. The minimum absolute atomic E-state index is 0.926. The van der Waals surface area contributed by atoms with Crippen LogP contribution in [0, 0.1) is 0 Å². The molecular formula is C61H41N5. The Morgan fingerprint density at radius 1 is 0.227 bits per heavy atom. The lowest BCUT2D eigenvalue weighted by molar-refractivity contribution is 1.19. The van der Waals surface area contributed by atoms with Crippen LogP contribution in [0.5, 0.6) is 0 Å². The molecule has 0 amide bonds. The van der Waals surface area contributed by atoms with Gasteiger partial charge >= 0.3 is 0 Å². The van der Waals surface area contributed by atoms with Gasteiger partial charge in [0, 0.05) is 45.8 Å². The van der Waals surface area contributed by atoms with Crippen molar-refractivity contribution >= 4 is 11.3 Å². The Bertz CT molecular complexity index is 3410. The van der Waals surface area contributed by atoms with Crippen LogP contribution in [0.25, 0.3) is 112 Å². The van der Waals surface area contributed by atoms with Gasteiger partial charge in [0.1, 0.15) is 11.3 Å². The summed E-state index contributed by atoms with van der Waals surface area (Å²) in [5, 5.41) is 0. The quantitative estimate of drug-likeness (QED) is 0.145. The standard InChI is InChI=1S/C61H41N5/c1-4-14-42(15-5-1)53-40-54(47-30-22-43(23-31-47)45-26-34-49(35-27-45)58-60(51-16-6-2-7-17-51)65-38-12-10-20-56(65)63-58)62-55(41-53)48-32-24-44(25-33-48)46-28-36-50(37-29-46)59-61(52-18-8-3-9-19-52)66-39-13-11-21-57(66)64-59/h1-41H. The lowest BCUT2D eigenvalue weighted by Crippen LogP contribution is -1.92. The van der Waals surface area contributed by atoms with Gasteiger partial charge in [0.2, 0.25) is 0 Å². The summed E-state index contributed by atoms with van der Waals surface area (Å²) >= 11 is 0. The van der Waals surface area contributed by atoms with Crippen LogP contribution in [0.4, 0.5) is 0 Å². The Hall–Kier alpha value is -8.93. The number of nitrogens with zero attached hydrogens (tertiary/aromatic N) is 5. The minimum atomic E-state index is 0.926. The molecule has 5 heterocycles. The van der Waals surface area contributed by atoms with Crippen molar-refractivity contribution in [2.24, 2.45) is 0 Å². The third-order valence-electron chi connectivity index (χ3n) is 12.4. The third kappa shape index (κ3) is 7.25. The molecule has 0 aliphatic rings. The fourth-order valence-electron chi connectivity index (χ4n) is 9.07. The number of pyridine rings is 3. The second kappa shape index (κ2) is 16.6. The molecule has 0 saturated heterocycles. The highest BCUT2D eigenvalue weighted by atomic mass is 15.0. The van der Waals surface area contributed by atoms with Gasteiger partial charge in [-0.25, -0.2) is 15.0 Å². The second-order valence-electron chi connectivity index (χ2n) is 16.5. The average molecular weight is 844 g/mol. The Kier molecular flexibility index (Phi) is 9.77. The van der Waals surface area contributed by atoms with Crippen LogP contribution in [0.15, 0.2) is 249 Å². The van der Waals surface area contributed by atoms with Crippen molar-refractivity contribution in [1.29, 1.82) is 0 Å². The molecule has 0 aliphatic heterocycles. The van der Waals surface area contributed by atoms with Gasteiger partial charge < -0.3 is 0 Å². The van der Waals surface area contributed by atoms with Crippen LogP contribution in [0.1, 0.15) is 0 Å². The maximum atomic E-state index is 5.28. The first-order valence-corrected chi connectivity index (χ1v) is 22.3. The lowest BCUT2D eigenvalue weighted by Gasteiger charge is -2.12. The summed E-state index contributed by atoms with van der Waals surface area (Å²) in [5.41, 5.74) is 21.2. The van der Waals surface area contributed by atoms with E-state index in [1.54, 1.807) is 0 Å². The molecule has 0 bridgehead atoms. The molecule has 7 aromatic carbocycles. The summed E-state index contributed by atoms with van der Waals surface area (Å²) in [6, 6.07) is 83.2. The van der Waals surface area contributed by atoms with Crippen molar-refractivity contribution < 1.29 is 0 Å². The average Bonchev–Trinajstić information content (AvgIpc) is 3.99. The SMILES string of the molecule is c1ccc(-c2cc(-c3ccc(-c4ccc(-c5nc6ccccn6c5-c5ccccc5)cc4)cc3)nc(-c3ccc(-c4ccc(-c5nc6ccccn6c5-c5ccccc5)cc4)cc3)c2)cc1. The lowest BCUT2D eigenvalue weighted by atomic mass is 9.97. The Balaban J connectivity index is 0.828. The molecule has 310 valence electrons. The Morgan fingerprint density at radius 2 is 0.530 bits per heavy atom. The van der Waals surface area contributed by atoms with E-state index in [0.717, 1.165) is 112 Å². The van der Waals surface area contributed by atoms with E-state index in [0.29, 0.717) is 0 Å². The van der Waals surface area contributed by atoms with Crippen LogP contribution in [0.3, 0.4) is 0 Å². The number of benzene rings is 7. The van der Waals surface area contributed by atoms with Crippen LogP contribution in [0.2, 0.25) is 0 Å². The molecule has 66 heavy (non-hydrogen) atoms. The van der Waals surface area contributed by atoms with E-state index in [2.05, 4.69) is 234 Å². The molecule has 0 N–H and O–H groups in total. The van der Waals surface area contributed by atoms with Crippen molar-refractivity contribution in [2.75, 3.05) is 0 Å². The Morgan fingerprint density at radius 3 is 0.909 bits per heavy atom. The van der Waals surface area contributed by atoms with Crippen molar-refractivity contribution in [2.45, 2.75) is 0 Å². The fourth-order valence-corrected chi connectivity index (χ4v) is 9.07. The number of fused-ring (bicyclic) bond motifs is 2. The number of hydrogen-bond acceptors (Lipinski definition) is 3. The molecule has 0 spiro atoms. The van der Waals surface area contributed by atoms with Crippen molar-refractivity contribution in [1.82, 2.24) is 23.8 Å². The molecule has 0 unspecified atom stereocenters. The molecule has 5 aromatic heterocycles. The van der Waals surface area contributed by atoms with Crippen LogP contribution in [-0.4, -0.2) is 23.8 Å². The molecule has 12 aromatic rings. The van der Waals surface area contributed by atoms with Crippen LogP contribution in [-0.2, 0) is 0 Å². The van der Waals surface area contributed by atoms with Gasteiger partial charge in [0.15, 0.2) is 0 Å².